The summed E-state index contributed by atoms with van der Waals surface area (Å²) in [6.07, 6.45) is 5.36. The molecule has 2 aromatic carbocycles. The fourth-order valence-corrected chi connectivity index (χ4v) is 4.08. The number of aromatic nitrogens is 1. The quantitative estimate of drug-likeness (QED) is 0.610. The number of likely N-dealkylation sites (tertiary alicyclic amines) is 1. The highest BCUT2D eigenvalue weighted by molar-refractivity contribution is 5.97. The van der Waals surface area contributed by atoms with Crippen LogP contribution in [0.4, 0.5) is 0 Å². The van der Waals surface area contributed by atoms with Crippen molar-refractivity contribution in [3.05, 3.63) is 75.6 Å². The Balaban J connectivity index is 1.41. The second-order valence-electron chi connectivity index (χ2n) is 7.98. The van der Waals surface area contributed by atoms with Gasteiger partial charge < -0.3 is 15.0 Å². The van der Waals surface area contributed by atoms with Crippen LogP contribution in [0.5, 0.6) is 5.75 Å². The van der Waals surface area contributed by atoms with Gasteiger partial charge in [0.1, 0.15) is 11.3 Å². The molecule has 1 amide bonds. The lowest BCUT2D eigenvalue weighted by molar-refractivity contribution is 0.0949. The van der Waals surface area contributed by atoms with Crippen LogP contribution in [0.3, 0.4) is 0 Å². The van der Waals surface area contributed by atoms with Gasteiger partial charge in [-0.15, -0.1) is 0 Å². The molecule has 0 saturated carbocycles. The molecular formula is C25H29N3O3. The average molecular weight is 420 g/mol. The highest BCUT2D eigenvalue weighted by Crippen LogP contribution is 2.21. The number of nitrogens with zero attached hydrogens (tertiary/aromatic N) is 1. The first-order valence-electron chi connectivity index (χ1n) is 11.0. The number of piperidine rings is 1. The predicted octanol–water partition coefficient (Wildman–Crippen LogP) is 3.84. The number of carbonyl (C=O) groups is 1. The monoisotopic (exact) mass is 419 g/mol. The van der Waals surface area contributed by atoms with E-state index in [0.29, 0.717) is 29.8 Å². The Hall–Kier alpha value is -3.12. The Kier molecular flexibility index (Phi) is 6.67. The van der Waals surface area contributed by atoms with Gasteiger partial charge in [0.15, 0.2) is 0 Å². The van der Waals surface area contributed by atoms with Crippen LogP contribution in [0.25, 0.3) is 10.9 Å². The third-order valence-electron chi connectivity index (χ3n) is 5.75. The number of para-hydroxylation sites is 1. The third-order valence-corrected chi connectivity index (χ3v) is 5.75. The largest absolute Gasteiger partial charge is 0.492 e. The van der Waals surface area contributed by atoms with E-state index in [1.807, 2.05) is 19.1 Å². The summed E-state index contributed by atoms with van der Waals surface area (Å²) in [4.78, 5) is 31.0. The van der Waals surface area contributed by atoms with Crippen LogP contribution in [0.1, 0.15) is 47.7 Å². The van der Waals surface area contributed by atoms with Gasteiger partial charge in [0.25, 0.3) is 5.91 Å². The lowest BCUT2D eigenvalue weighted by atomic mass is 10.1. The predicted molar refractivity (Wildman–Crippen MR) is 122 cm³/mol. The van der Waals surface area contributed by atoms with Crippen LogP contribution in [0.2, 0.25) is 0 Å². The summed E-state index contributed by atoms with van der Waals surface area (Å²) in [6.45, 7) is 6.08. The van der Waals surface area contributed by atoms with Crippen LogP contribution in [0, 0.1) is 0 Å². The van der Waals surface area contributed by atoms with Crippen LogP contribution in [0.15, 0.2) is 53.5 Å². The summed E-state index contributed by atoms with van der Waals surface area (Å²) in [7, 11) is 0. The van der Waals surface area contributed by atoms with Gasteiger partial charge in [0, 0.05) is 19.3 Å². The van der Waals surface area contributed by atoms with Crippen molar-refractivity contribution in [2.24, 2.45) is 0 Å². The van der Waals surface area contributed by atoms with Crippen LogP contribution < -0.4 is 15.5 Å². The van der Waals surface area contributed by atoms with Crippen molar-refractivity contribution in [1.82, 2.24) is 15.2 Å². The molecule has 2 N–H and O–H groups in total. The first kappa shape index (κ1) is 21.1. The molecule has 6 heteroatoms. The zero-order valence-electron chi connectivity index (χ0n) is 17.9. The van der Waals surface area contributed by atoms with Gasteiger partial charge in [-0.25, -0.2) is 0 Å². The van der Waals surface area contributed by atoms with E-state index in [9.17, 15) is 9.59 Å². The minimum Gasteiger partial charge on any atom is -0.492 e. The van der Waals surface area contributed by atoms with E-state index < -0.39 is 0 Å². The fourth-order valence-electron chi connectivity index (χ4n) is 4.08. The van der Waals surface area contributed by atoms with Crippen LogP contribution >= 0.6 is 0 Å². The Morgan fingerprint density at radius 2 is 1.81 bits per heavy atom. The van der Waals surface area contributed by atoms with Gasteiger partial charge in [-0.05, 0) is 56.1 Å². The van der Waals surface area contributed by atoms with Crippen molar-refractivity contribution < 1.29 is 9.53 Å². The van der Waals surface area contributed by atoms with Gasteiger partial charge in [-0.2, -0.15) is 0 Å². The summed E-state index contributed by atoms with van der Waals surface area (Å²) in [6, 6.07) is 13.6. The number of nitrogens with one attached hydrogen (secondary N) is 2. The highest BCUT2D eigenvalue weighted by Gasteiger charge is 2.15. The maximum atomic E-state index is 12.8. The fraction of sp³-hybridized carbons (Fsp3) is 0.360. The minimum absolute atomic E-state index is 0.0999. The summed E-state index contributed by atoms with van der Waals surface area (Å²) in [5, 5.41) is 3.31. The van der Waals surface area contributed by atoms with E-state index in [0.717, 1.165) is 12.1 Å². The highest BCUT2D eigenvalue weighted by atomic mass is 16.5. The van der Waals surface area contributed by atoms with E-state index in [2.05, 4.69) is 27.3 Å². The molecule has 1 aliphatic heterocycles. The number of H-pyrrole nitrogens is 1. The maximum absolute atomic E-state index is 12.8. The molecule has 0 radical (unpaired) electrons. The number of carbonyl (C=O) groups excluding carboxylic acids is 1. The third kappa shape index (κ3) is 4.97. The molecule has 3 aromatic rings. The Labute approximate surface area is 182 Å². The van der Waals surface area contributed by atoms with Crippen molar-refractivity contribution in [2.75, 3.05) is 19.7 Å². The summed E-state index contributed by atoms with van der Waals surface area (Å²) in [5.74, 6) is 0.219. The average Bonchev–Trinajstić information content (AvgIpc) is 2.80. The molecule has 1 saturated heterocycles. The van der Waals surface area contributed by atoms with E-state index in [1.165, 1.54) is 44.1 Å². The molecular weight excluding hydrogens is 390 g/mol. The number of pyridine rings is 1. The normalized spacial score (nSPS) is 14.5. The Bertz CT molecular complexity index is 1100. The van der Waals surface area contributed by atoms with Gasteiger partial charge in [-0.3, -0.25) is 14.5 Å². The van der Waals surface area contributed by atoms with E-state index in [-0.39, 0.29) is 16.9 Å². The first-order valence-corrected chi connectivity index (χ1v) is 11.0. The first-order chi connectivity index (χ1) is 15.2. The zero-order chi connectivity index (χ0) is 21.6. The molecule has 1 fully saturated rings. The van der Waals surface area contributed by atoms with E-state index >= 15 is 0 Å². The number of benzene rings is 2. The number of amides is 1. The standard InChI is InChI=1S/C25H29N3O3/c1-2-31-22-8-6-7-20-23(22)26-16-21(24(20)29)25(30)27-15-18-9-11-19(12-10-18)17-28-13-4-3-5-14-28/h6-12,16H,2-5,13-15,17H2,1H3,(H,26,29)(H,27,30). The van der Waals surface area contributed by atoms with Crippen molar-refractivity contribution >= 4 is 16.8 Å². The molecule has 0 unspecified atom stereocenters. The van der Waals surface area contributed by atoms with Crippen LogP contribution in [-0.4, -0.2) is 35.5 Å². The summed E-state index contributed by atoms with van der Waals surface area (Å²) < 4.78 is 5.56. The van der Waals surface area contributed by atoms with Crippen molar-refractivity contribution in [3.63, 3.8) is 0 Å². The minimum atomic E-state index is -0.387. The van der Waals surface area contributed by atoms with Gasteiger partial charge in [0.2, 0.25) is 5.43 Å². The van der Waals surface area contributed by atoms with Crippen molar-refractivity contribution in [1.29, 1.82) is 0 Å². The SMILES string of the molecule is CCOc1cccc2c(=O)c(C(=O)NCc3ccc(CN4CCCCC4)cc3)c[nH]c12. The number of hydrogen-bond donors (Lipinski definition) is 2. The number of hydrogen-bond acceptors (Lipinski definition) is 4. The summed E-state index contributed by atoms with van der Waals surface area (Å²) in [5.41, 5.74) is 2.70. The molecule has 1 aromatic heterocycles. The molecule has 6 nitrogen and oxygen atoms in total. The van der Waals surface area contributed by atoms with Gasteiger partial charge in [0.05, 0.1) is 17.5 Å². The van der Waals surface area contributed by atoms with Gasteiger partial charge >= 0.3 is 0 Å². The topological polar surface area (TPSA) is 74.4 Å². The number of aromatic amines is 1. The maximum Gasteiger partial charge on any atom is 0.257 e. The Morgan fingerprint density at radius 1 is 1.06 bits per heavy atom. The Morgan fingerprint density at radius 3 is 2.55 bits per heavy atom. The number of rotatable bonds is 7. The van der Waals surface area contributed by atoms with Gasteiger partial charge in [-0.1, -0.05) is 36.8 Å². The number of ether oxygens (including phenoxy) is 1. The molecule has 162 valence electrons. The lowest BCUT2D eigenvalue weighted by Gasteiger charge is -2.26. The van der Waals surface area contributed by atoms with E-state index in [1.54, 1.807) is 18.2 Å². The zero-order valence-corrected chi connectivity index (χ0v) is 17.9. The molecule has 2 heterocycles. The summed E-state index contributed by atoms with van der Waals surface area (Å²) >= 11 is 0. The van der Waals surface area contributed by atoms with Crippen molar-refractivity contribution in [2.45, 2.75) is 39.3 Å². The molecule has 0 aliphatic carbocycles. The van der Waals surface area contributed by atoms with Crippen LogP contribution in [-0.2, 0) is 13.1 Å². The smallest absolute Gasteiger partial charge is 0.257 e. The second-order valence-corrected chi connectivity index (χ2v) is 7.98. The second kappa shape index (κ2) is 9.79. The molecule has 1 aliphatic rings. The molecule has 0 spiro atoms. The molecule has 0 bridgehead atoms. The van der Waals surface area contributed by atoms with Crippen molar-refractivity contribution in [3.8, 4) is 5.75 Å². The lowest BCUT2D eigenvalue weighted by Crippen LogP contribution is -2.29. The van der Waals surface area contributed by atoms with E-state index in [4.69, 9.17) is 4.74 Å². The molecule has 0 atom stereocenters. The number of fused-ring (bicyclic) bond motifs is 1. The molecule has 31 heavy (non-hydrogen) atoms. The molecule has 4 rings (SSSR count).